The van der Waals surface area contributed by atoms with Crippen LogP contribution in [0.4, 0.5) is 0 Å². The zero-order valence-corrected chi connectivity index (χ0v) is 8.91. The van der Waals surface area contributed by atoms with Gasteiger partial charge in [0.15, 0.2) is 5.89 Å². The molecule has 3 heteroatoms. The van der Waals surface area contributed by atoms with Gasteiger partial charge in [0, 0.05) is 6.42 Å². The number of hydrogen-bond acceptors (Lipinski definition) is 3. The van der Waals surface area contributed by atoms with Crippen LogP contribution in [0.15, 0.2) is 27.4 Å². The lowest BCUT2D eigenvalue weighted by atomic mass is 10.1. The lowest BCUT2D eigenvalue weighted by molar-refractivity contribution is 0.450. The van der Waals surface area contributed by atoms with Crippen molar-refractivity contribution < 1.29 is 4.42 Å². The first kappa shape index (κ1) is 9.90. The molecule has 78 valence electrons. The quantitative estimate of drug-likeness (QED) is 0.752. The smallest absolute Gasteiger partial charge is 0.346 e. The molecule has 0 amide bonds. The molecule has 2 aromatic rings. The van der Waals surface area contributed by atoms with Crippen LogP contribution in [0.2, 0.25) is 0 Å². The predicted octanol–water partition coefficient (Wildman–Crippen LogP) is 2.31. The van der Waals surface area contributed by atoms with Gasteiger partial charge in [-0.3, -0.25) is 0 Å². The van der Waals surface area contributed by atoms with E-state index in [4.69, 9.17) is 4.42 Å². The van der Waals surface area contributed by atoms with Gasteiger partial charge < -0.3 is 4.42 Å². The van der Waals surface area contributed by atoms with E-state index in [1.807, 2.05) is 25.1 Å². The number of hydrogen-bond donors (Lipinski definition) is 0. The minimum absolute atomic E-state index is 0.285. The molecule has 0 aliphatic heterocycles. The normalized spacial score (nSPS) is 10.8. The maximum Gasteiger partial charge on any atom is 0.346 e. The number of benzene rings is 1. The fourth-order valence-electron chi connectivity index (χ4n) is 1.53. The van der Waals surface area contributed by atoms with Crippen LogP contribution in [0.5, 0.6) is 0 Å². The Kier molecular flexibility index (Phi) is 2.54. The SMILES string of the molecule is CCc1ccc2nc(CC)oc(=O)c2c1. The van der Waals surface area contributed by atoms with Crippen molar-refractivity contribution in [3.63, 3.8) is 0 Å². The van der Waals surface area contributed by atoms with Gasteiger partial charge in [-0.05, 0) is 24.1 Å². The minimum Gasteiger partial charge on any atom is -0.408 e. The zero-order chi connectivity index (χ0) is 10.8. The first-order valence-corrected chi connectivity index (χ1v) is 5.17. The highest BCUT2D eigenvalue weighted by atomic mass is 16.4. The van der Waals surface area contributed by atoms with Gasteiger partial charge in [-0.1, -0.05) is 19.9 Å². The average molecular weight is 203 g/mol. The molecule has 3 nitrogen and oxygen atoms in total. The molecule has 0 N–H and O–H groups in total. The molecule has 0 aliphatic rings. The molecule has 1 heterocycles. The molecule has 2 rings (SSSR count). The summed E-state index contributed by atoms with van der Waals surface area (Å²) in [6.45, 7) is 3.97. The second-order valence-corrected chi connectivity index (χ2v) is 3.45. The largest absolute Gasteiger partial charge is 0.408 e. The first-order chi connectivity index (χ1) is 7.24. The van der Waals surface area contributed by atoms with Crippen molar-refractivity contribution >= 4 is 10.9 Å². The highest BCUT2D eigenvalue weighted by Gasteiger charge is 2.05. The molecule has 0 spiro atoms. The molecule has 1 aromatic heterocycles. The highest BCUT2D eigenvalue weighted by Crippen LogP contribution is 2.11. The molecule has 15 heavy (non-hydrogen) atoms. The van der Waals surface area contributed by atoms with E-state index in [9.17, 15) is 4.79 Å². The summed E-state index contributed by atoms with van der Waals surface area (Å²) in [6.07, 6.45) is 1.55. The Morgan fingerprint density at radius 2 is 2.07 bits per heavy atom. The van der Waals surface area contributed by atoms with Crippen molar-refractivity contribution in [2.24, 2.45) is 0 Å². The molecule has 0 saturated heterocycles. The number of fused-ring (bicyclic) bond motifs is 1. The van der Waals surface area contributed by atoms with Crippen LogP contribution >= 0.6 is 0 Å². The van der Waals surface area contributed by atoms with Gasteiger partial charge in [-0.2, -0.15) is 0 Å². The van der Waals surface area contributed by atoms with E-state index in [-0.39, 0.29) is 5.63 Å². The van der Waals surface area contributed by atoms with Crippen molar-refractivity contribution in [2.45, 2.75) is 26.7 Å². The van der Waals surface area contributed by atoms with Gasteiger partial charge in [-0.25, -0.2) is 9.78 Å². The Balaban J connectivity index is 2.74. The third-order valence-electron chi connectivity index (χ3n) is 2.45. The molecular formula is C12H13NO2. The van der Waals surface area contributed by atoms with Crippen LogP contribution in [0.3, 0.4) is 0 Å². The molecule has 0 unspecified atom stereocenters. The second kappa shape index (κ2) is 3.85. The van der Waals surface area contributed by atoms with E-state index < -0.39 is 0 Å². The van der Waals surface area contributed by atoms with E-state index >= 15 is 0 Å². The fraction of sp³-hybridized carbons (Fsp3) is 0.333. The maximum absolute atomic E-state index is 11.6. The number of nitrogens with zero attached hydrogens (tertiary/aromatic N) is 1. The van der Waals surface area contributed by atoms with Gasteiger partial charge in [0.1, 0.15) is 0 Å². The van der Waals surface area contributed by atoms with E-state index in [0.717, 1.165) is 17.5 Å². The number of aromatic nitrogens is 1. The van der Waals surface area contributed by atoms with Crippen molar-refractivity contribution in [1.29, 1.82) is 0 Å². The number of aryl methyl sites for hydroxylation is 2. The summed E-state index contributed by atoms with van der Waals surface area (Å²) in [7, 11) is 0. The van der Waals surface area contributed by atoms with Gasteiger partial charge >= 0.3 is 5.63 Å². The van der Waals surface area contributed by atoms with E-state index in [1.54, 1.807) is 0 Å². The Labute approximate surface area is 87.8 Å². The second-order valence-electron chi connectivity index (χ2n) is 3.45. The Morgan fingerprint density at radius 3 is 2.73 bits per heavy atom. The standard InChI is InChI=1S/C12H13NO2/c1-3-8-5-6-10-9(7-8)12(14)15-11(4-2)13-10/h5-7H,3-4H2,1-2H3. The van der Waals surface area contributed by atoms with Crippen LogP contribution in [-0.2, 0) is 12.8 Å². The molecule has 0 aliphatic carbocycles. The molecule has 0 bridgehead atoms. The topological polar surface area (TPSA) is 43.1 Å². The van der Waals surface area contributed by atoms with Crippen molar-refractivity contribution in [2.75, 3.05) is 0 Å². The highest BCUT2D eigenvalue weighted by molar-refractivity contribution is 5.77. The fourth-order valence-corrected chi connectivity index (χ4v) is 1.53. The molecule has 1 aromatic carbocycles. The molecule has 0 saturated carbocycles. The molecule has 0 atom stereocenters. The van der Waals surface area contributed by atoms with Crippen LogP contribution < -0.4 is 5.63 Å². The molecular weight excluding hydrogens is 190 g/mol. The summed E-state index contributed by atoms with van der Waals surface area (Å²) in [5.74, 6) is 0.497. The van der Waals surface area contributed by atoms with Crippen LogP contribution in [0, 0.1) is 0 Å². The van der Waals surface area contributed by atoms with Gasteiger partial charge in [-0.15, -0.1) is 0 Å². The summed E-state index contributed by atoms with van der Waals surface area (Å²) in [5, 5.41) is 0.576. The average Bonchev–Trinajstić information content (AvgIpc) is 2.28. The number of rotatable bonds is 2. The van der Waals surface area contributed by atoms with Crippen LogP contribution in [0.25, 0.3) is 10.9 Å². The molecule has 0 radical (unpaired) electrons. The lowest BCUT2D eigenvalue weighted by Gasteiger charge is -2.00. The monoisotopic (exact) mass is 203 g/mol. The van der Waals surface area contributed by atoms with Crippen LogP contribution in [-0.4, -0.2) is 4.98 Å². The summed E-state index contributed by atoms with van der Waals surface area (Å²) in [6, 6.07) is 5.73. The summed E-state index contributed by atoms with van der Waals surface area (Å²) >= 11 is 0. The summed E-state index contributed by atoms with van der Waals surface area (Å²) < 4.78 is 5.07. The van der Waals surface area contributed by atoms with Crippen molar-refractivity contribution in [1.82, 2.24) is 4.98 Å². The predicted molar refractivity (Wildman–Crippen MR) is 59.0 cm³/mol. The minimum atomic E-state index is -0.285. The van der Waals surface area contributed by atoms with Gasteiger partial charge in [0.2, 0.25) is 0 Å². The summed E-state index contributed by atoms with van der Waals surface area (Å²) in [4.78, 5) is 15.9. The third-order valence-corrected chi connectivity index (χ3v) is 2.45. The van der Waals surface area contributed by atoms with E-state index in [2.05, 4.69) is 11.9 Å². The van der Waals surface area contributed by atoms with Gasteiger partial charge in [0.25, 0.3) is 0 Å². The third kappa shape index (κ3) is 1.77. The Bertz CT molecular complexity index is 543. The molecule has 0 fully saturated rings. The van der Waals surface area contributed by atoms with Crippen LogP contribution in [0.1, 0.15) is 25.3 Å². The Hall–Kier alpha value is -1.64. The van der Waals surface area contributed by atoms with Gasteiger partial charge in [0.05, 0.1) is 10.9 Å². The summed E-state index contributed by atoms with van der Waals surface area (Å²) in [5.41, 5.74) is 1.56. The zero-order valence-electron chi connectivity index (χ0n) is 8.91. The van der Waals surface area contributed by atoms with Crippen molar-refractivity contribution in [3.05, 3.63) is 40.1 Å². The first-order valence-electron chi connectivity index (χ1n) is 5.17. The van der Waals surface area contributed by atoms with E-state index in [0.29, 0.717) is 17.7 Å². The van der Waals surface area contributed by atoms with Crippen molar-refractivity contribution in [3.8, 4) is 0 Å². The Morgan fingerprint density at radius 1 is 1.27 bits per heavy atom. The lowest BCUT2D eigenvalue weighted by Crippen LogP contribution is -2.04. The maximum atomic E-state index is 11.6. The van der Waals surface area contributed by atoms with E-state index in [1.165, 1.54) is 0 Å².